The summed E-state index contributed by atoms with van der Waals surface area (Å²) < 4.78 is 54.8. The Hall–Kier alpha value is -2.21. The highest BCUT2D eigenvalue weighted by Crippen LogP contribution is 2.43. The van der Waals surface area contributed by atoms with Crippen LogP contribution < -0.4 is 5.73 Å². The molecule has 0 saturated carbocycles. The van der Waals surface area contributed by atoms with Crippen molar-refractivity contribution in [1.29, 1.82) is 0 Å². The minimum absolute atomic E-state index is 0.0309. The average Bonchev–Trinajstić information content (AvgIpc) is 3.29. The van der Waals surface area contributed by atoms with Crippen LogP contribution in [0.15, 0.2) is 0 Å². The van der Waals surface area contributed by atoms with Crippen molar-refractivity contribution in [2.45, 2.75) is 133 Å². The first-order valence-electron chi connectivity index (χ1n) is 17.4. The molecule has 3 aliphatic rings. The zero-order valence-corrected chi connectivity index (χ0v) is 32.4. The number of ether oxygens (including phenoxy) is 5. The van der Waals surface area contributed by atoms with E-state index in [1.54, 1.807) is 41.8 Å². The van der Waals surface area contributed by atoms with Gasteiger partial charge < -0.3 is 39.4 Å². The number of hydrogen-bond acceptors (Lipinski definition) is 14. The zero-order chi connectivity index (χ0) is 38.3. The summed E-state index contributed by atoms with van der Waals surface area (Å²) in [7, 11) is 0.453. The number of cyclic esters (lactones) is 1. The standard InChI is InChI=1S/C34H59N3O12S/c1-13-23-33(7)26(37(15-14-35)31(42)49-33)20(4)24(38)18(2)17-32(6,45-11)28(48-29-25(39)22(36(9)10)16-19(3)46-29)21(5)27(40)34(8,30(41)47-23)50(12,43)44/h18-23,25-26,28-29,39H,13-17,35H2,1-12H3/t18-,19-,20-,21+,22+,23+,25-,26?,28-,29?,32+,33?,34?/m1/s1. The number of carbonyl (C=O) groups excluding carboxylic acids is 4. The predicted molar refractivity (Wildman–Crippen MR) is 183 cm³/mol. The number of likely N-dealkylation sites (N-methyl/N-ethyl adjacent to an activating group) is 1. The Bertz CT molecular complexity index is 1390. The van der Waals surface area contributed by atoms with Crippen molar-refractivity contribution >= 4 is 33.5 Å². The summed E-state index contributed by atoms with van der Waals surface area (Å²) in [6.45, 7) is 12.5. The van der Waals surface area contributed by atoms with Gasteiger partial charge in [0.15, 0.2) is 27.5 Å². The first-order valence-corrected chi connectivity index (χ1v) is 19.2. The fourth-order valence-corrected chi connectivity index (χ4v) is 9.10. The molecular weight excluding hydrogens is 674 g/mol. The highest BCUT2D eigenvalue weighted by atomic mass is 32.2. The second kappa shape index (κ2) is 15.4. The number of Topliss-reactive ketones (excluding diaryl/α,β-unsaturated/α-hetero) is 2. The fourth-order valence-electron chi connectivity index (χ4n) is 8.19. The Balaban J connectivity index is 2.30. The lowest BCUT2D eigenvalue weighted by molar-refractivity contribution is -0.295. The van der Waals surface area contributed by atoms with Crippen LogP contribution in [0.2, 0.25) is 0 Å². The number of rotatable bonds is 8. The lowest BCUT2D eigenvalue weighted by Crippen LogP contribution is -2.63. The van der Waals surface area contributed by atoms with E-state index in [0.29, 0.717) is 6.42 Å². The number of nitrogens with two attached hydrogens (primary N) is 1. The lowest BCUT2D eigenvalue weighted by Gasteiger charge is -2.47. The molecule has 3 saturated heterocycles. The molecule has 0 bridgehead atoms. The Kier molecular flexibility index (Phi) is 13.0. The van der Waals surface area contributed by atoms with Crippen molar-refractivity contribution in [1.82, 2.24) is 9.80 Å². The average molecular weight is 734 g/mol. The van der Waals surface area contributed by atoms with Crippen molar-refractivity contribution in [3.63, 3.8) is 0 Å². The largest absolute Gasteiger partial charge is 0.457 e. The SMILES string of the molecule is CC[C@@H]1OC(=O)C(C)(S(C)(=O)=O)C(=O)[C@H](C)[C@@H](OC2O[C@H](C)C[C@H](N(C)C)[C@H]2O)[C@@](C)(OC)C[C@@H](C)C(=O)[C@@H](C)C2N(CCN)C(=O)OC21C. The van der Waals surface area contributed by atoms with Crippen LogP contribution >= 0.6 is 0 Å². The lowest BCUT2D eigenvalue weighted by atomic mass is 9.73. The number of hydrogen-bond donors (Lipinski definition) is 2. The van der Waals surface area contributed by atoms with Gasteiger partial charge in [-0.2, -0.15) is 0 Å². The van der Waals surface area contributed by atoms with E-state index in [1.165, 1.54) is 25.9 Å². The van der Waals surface area contributed by atoms with Crippen LogP contribution in [0.3, 0.4) is 0 Å². The number of esters is 1. The molecule has 4 unspecified atom stereocenters. The molecule has 0 aromatic carbocycles. The predicted octanol–water partition coefficient (Wildman–Crippen LogP) is 1.32. The molecule has 0 aromatic heterocycles. The molecule has 0 aromatic rings. The van der Waals surface area contributed by atoms with Crippen LogP contribution in [-0.4, -0.2) is 146 Å². The second-order valence-corrected chi connectivity index (χ2v) is 17.5. The summed E-state index contributed by atoms with van der Waals surface area (Å²) in [5.74, 6) is -5.70. The number of amides is 1. The van der Waals surface area contributed by atoms with Gasteiger partial charge in [0, 0.05) is 50.3 Å². The Morgan fingerprint density at radius 3 is 2.16 bits per heavy atom. The molecule has 1 amide bonds. The van der Waals surface area contributed by atoms with Gasteiger partial charge in [-0.25, -0.2) is 18.0 Å². The van der Waals surface area contributed by atoms with Crippen molar-refractivity contribution in [3.8, 4) is 0 Å². The van der Waals surface area contributed by atoms with Gasteiger partial charge >= 0.3 is 12.1 Å². The van der Waals surface area contributed by atoms with E-state index < -0.39 is 92.0 Å². The van der Waals surface area contributed by atoms with Gasteiger partial charge in [-0.1, -0.05) is 27.7 Å². The van der Waals surface area contributed by atoms with Crippen LogP contribution in [-0.2, 0) is 47.9 Å². The monoisotopic (exact) mass is 733 g/mol. The fraction of sp³-hybridized carbons (Fsp3) is 0.882. The van der Waals surface area contributed by atoms with Crippen LogP contribution in [0.1, 0.15) is 74.7 Å². The Morgan fingerprint density at radius 2 is 1.66 bits per heavy atom. The third-order valence-corrected chi connectivity index (χ3v) is 13.2. The normalized spacial score (nSPS) is 42.6. The summed E-state index contributed by atoms with van der Waals surface area (Å²) in [5, 5.41) is 11.4. The third kappa shape index (κ3) is 7.48. The molecule has 0 spiro atoms. The van der Waals surface area contributed by atoms with Crippen LogP contribution in [0.25, 0.3) is 0 Å². The zero-order valence-electron chi connectivity index (χ0n) is 31.6. The van der Waals surface area contributed by atoms with Crippen LogP contribution in [0.5, 0.6) is 0 Å². The number of aliphatic hydroxyl groups excluding tert-OH is 1. The summed E-state index contributed by atoms with van der Waals surface area (Å²) in [4.78, 5) is 59.7. The minimum Gasteiger partial charge on any atom is -0.457 e. The molecule has 50 heavy (non-hydrogen) atoms. The molecule has 3 N–H and O–H groups in total. The molecule has 3 aliphatic heterocycles. The quantitative estimate of drug-likeness (QED) is 0.267. The van der Waals surface area contributed by atoms with Gasteiger partial charge in [0.05, 0.1) is 23.9 Å². The highest BCUT2D eigenvalue weighted by Gasteiger charge is 2.63. The van der Waals surface area contributed by atoms with Crippen molar-refractivity contribution in [3.05, 3.63) is 0 Å². The molecule has 288 valence electrons. The van der Waals surface area contributed by atoms with Gasteiger partial charge in [0.25, 0.3) is 0 Å². The summed E-state index contributed by atoms with van der Waals surface area (Å²) in [6.07, 6.45) is -4.90. The Labute approximate surface area is 296 Å². The van der Waals surface area contributed by atoms with Crippen LogP contribution in [0, 0.1) is 17.8 Å². The first-order chi connectivity index (χ1) is 23.0. The second-order valence-electron chi connectivity index (χ2n) is 15.2. The van der Waals surface area contributed by atoms with E-state index in [9.17, 15) is 32.7 Å². The molecule has 13 atom stereocenters. The van der Waals surface area contributed by atoms with Crippen LogP contribution in [0.4, 0.5) is 4.79 Å². The molecule has 3 rings (SSSR count). The van der Waals surface area contributed by atoms with Crippen molar-refractivity contribution in [2.24, 2.45) is 23.5 Å². The minimum atomic E-state index is -4.53. The molecular formula is C34H59N3O12S. The number of aliphatic hydroxyl groups is 1. The number of sulfone groups is 1. The van der Waals surface area contributed by atoms with E-state index in [4.69, 9.17) is 29.4 Å². The maximum Gasteiger partial charge on any atom is 0.410 e. The van der Waals surface area contributed by atoms with E-state index in [2.05, 4.69) is 0 Å². The summed E-state index contributed by atoms with van der Waals surface area (Å²) >= 11 is 0. The molecule has 0 radical (unpaired) electrons. The maximum atomic E-state index is 14.7. The topological polar surface area (TPSA) is 201 Å². The number of methoxy groups -OCH3 is 1. The third-order valence-electron chi connectivity index (χ3n) is 11.3. The summed E-state index contributed by atoms with van der Waals surface area (Å²) in [5.41, 5.74) is 2.75. The van der Waals surface area contributed by atoms with Gasteiger partial charge in [0.2, 0.25) is 4.75 Å². The van der Waals surface area contributed by atoms with Gasteiger partial charge in [-0.15, -0.1) is 0 Å². The number of fused-ring (bicyclic) bond motifs is 1. The van der Waals surface area contributed by atoms with E-state index in [-0.39, 0.29) is 43.9 Å². The van der Waals surface area contributed by atoms with Gasteiger partial charge in [-0.3, -0.25) is 14.5 Å². The highest BCUT2D eigenvalue weighted by molar-refractivity contribution is 7.93. The number of ketones is 2. The van der Waals surface area contributed by atoms with Crippen molar-refractivity contribution < 1.29 is 56.4 Å². The summed E-state index contributed by atoms with van der Waals surface area (Å²) in [6, 6.07) is -1.35. The molecule has 3 fully saturated rings. The van der Waals surface area contributed by atoms with E-state index in [1.807, 2.05) is 11.8 Å². The first kappa shape index (κ1) is 42.2. The molecule has 15 nitrogen and oxygen atoms in total. The van der Waals surface area contributed by atoms with Gasteiger partial charge in [-0.05, 0) is 61.1 Å². The molecule has 16 heteroatoms. The number of carbonyl (C=O) groups is 4. The van der Waals surface area contributed by atoms with Crippen molar-refractivity contribution in [2.75, 3.05) is 40.6 Å². The van der Waals surface area contributed by atoms with E-state index in [0.717, 1.165) is 13.2 Å². The number of nitrogens with zero attached hydrogens (tertiary/aromatic N) is 2. The smallest absolute Gasteiger partial charge is 0.410 e. The Morgan fingerprint density at radius 1 is 1.06 bits per heavy atom. The van der Waals surface area contributed by atoms with E-state index >= 15 is 0 Å². The molecule has 3 heterocycles. The van der Waals surface area contributed by atoms with Gasteiger partial charge in [0.1, 0.15) is 18.0 Å². The maximum absolute atomic E-state index is 14.7. The molecule has 0 aliphatic carbocycles.